The van der Waals surface area contributed by atoms with Gasteiger partial charge in [0.1, 0.15) is 5.33 Å². The van der Waals surface area contributed by atoms with Crippen LogP contribution < -0.4 is 5.73 Å². The lowest BCUT2D eigenvalue weighted by molar-refractivity contribution is -0.181. The molecule has 5 nitrogen and oxygen atoms in total. The average molecular weight is 240 g/mol. The van der Waals surface area contributed by atoms with Gasteiger partial charge in [0.2, 0.25) is 6.29 Å². The summed E-state index contributed by atoms with van der Waals surface area (Å²) < 4.78 is 9.13. The fraction of sp³-hybridized carbons (Fsp3) is 0.667. The predicted octanol–water partition coefficient (Wildman–Crippen LogP) is -0.228. The highest BCUT2D eigenvalue weighted by Gasteiger charge is 2.11. The maximum atomic E-state index is 10.6. The topological polar surface area (TPSA) is 78.6 Å². The number of hydrogen-bond donors (Lipinski definition) is 1. The van der Waals surface area contributed by atoms with Gasteiger partial charge in [-0.3, -0.25) is 9.59 Å². The van der Waals surface area contributed by atoms with Gasteiger partial charge in [0.05, 0.1) is 6.54 Å². The third-order valence-corrected chi connectivity index (χ3v) is 1.33. The summed E-state index contributed by atoms with van der Waals surface area (Å²) in [5, 5.41) is 0.0670. The lowest BCUT2D eigenvalue weighted by atomic mass is 10.6. The van der Waals surface area contributed by atoms with Crippen molar-refractivity contribution in [2.45, 2.75) is 13.2 Å². The van der Waals surface area contributed by atoms with Gasteiger partial charge >= 0.3 is 11.9 Å². The number of esters is 2. The molecule has 0 amide bonds. The zero-order chi connectivity index (χ0) is 9.56. The molecule has 0 radical (unpaired) electrons. The number of hydrogen-bond acceptors (Lipinski definition) is 5. The molecule has 0 aromatic carbocycles. The Hall–Kier alpha value is -0.620. The second kappa shape index (κ2) is 5.96. The van der Waals surface area contributed by atoms with Crippen LogP contribution in [0.15, 0.2) is 0 Å². The first-order chi connectivity index (χ1) is 5.60. The lowest BCUT2D eigenvalue weighted by Gasteiger charge is -2.12. The number of halogens is 1. The molecule has 0 rings (SSSR count). The summed E-state index contributed by atoms with van der Waals surface area (Å²) in [5.41, 5.74) is 4.96. The monoisotopic (exact) mass is 239 g/mol. The largest absolute Gasteiger partial charge is 0.425 e. The lowest BCUT2D eigenvalue weighted by Crippen LogP contribution is -2.26. The molecular weight excluding hydrogens is 230 g/mol. The Morgan fingerprint density at radius 1 is 1.42 bits per heavy atom. The highest BCUT2D eigenvalue weighted by atomic mass is 79.9. The summed E-state index contributed by atoms with van der Waals surface area (Å²) in [6.07, 6.45) is -0.883. The van der Waals surface area contributed by atoms with Gasteiger partial charge in [0.25, 0.3) is 0 Å². The van der Waals surface area contributed by atoms with Gasteiger partial charge in [-0.25, -0.2) is 0 Å². The van der Waals surface area contributed by atoms with Crippen molar-refractivity contribution in [2.75, 3.05) is 11.9 Å². The van der Waals surface area contributed by atoms with Gasteiger partial charge in [-0.1, -0.05) is 15.9 Å². The van der Waals surface area contributed by atoms with Gasteiger partial charge in [-0.15, -0.1) is 0 Å². The minimum Gasteiger partial charge on any atom is -0.425 e. The smallest absolute Gasteiger partial charge is 0.322 e. The van der Waals surface area contributed by atoms with Crippen LogP contribution in [0.2, 0.25) is 0 Å². The van der Waals surface area contributed by atoms with E-state index in [1.54, 1.807) is 0 Å². The van der Waals surface area contributed by atoms with E-state index in [0.29, 0.717) is 0 Å². The highest BCUT2D eigenvalue weighted by Crippen LogP contribution is 1.96. The summed E-state index contributed by atoms with van der Waals surface area (Å²) in [7, 11) is 0. The molecule has 0 aliphatic heterocycles. The van der Waals surface area contributed by atoms with E-state index in [0.717, 1.165) is 0 Å². The molecule has 70 valence electrons. The first-order valence-corrected chi connectivity index (χ1v) is 4.37. The van der Waals surface area contributed by atoms with Crippen molar-refractivity contribution in [1.29, 1.82) is 0 Å². The SMILES string of the molecule is CC(OC(=O)CN)OC(=O)CBr. The summed E-state index contributed by atoms with van der Waals surface area (Å²) in [4.78, 5) is 21.1. The van der Waals surface area contributed by atoms with Crippen LogP contribution in [0.3, 0.4) is 0 Å². The summed E-state index contributed by atoms with van der Waals surface area (Å²) >= 11 is 2.89. The molecule has 0 aromatic heterocycles. The number of carbonyl (C=O) groups is 2. The van der Waals surface area contributed by atoms with Gasteiger partial charge in [-0.2, -0.15) is 0 Å². The van der Waals surface area contributed by atoms with E-state index in [1.807, 2.05) is 0 Å². The van der Waals surface area contributed by atoms with Crippen LogP contribution in [0.4, 0.5) is 0 Å². The molecule has 0 heterocycles. The summed E-state index contributed by atoms with van der Waals surface area (Å²) in [5.74, 6) is -1.10. The van der Waals surface area contributed by atoms with Gasteiger partial charge in [0, 0.05) is 6.92 Å². The number of rotatable bonds is 4. The summed E-state index contributed by atoms with van der Waals surface area (Å²) in [6, 6.07) is 0. The third kappa shape index (κ3) is 5.09. The van der Waals surface area contributed by atoms with Crippen molar-refractivity contribution in [1.82, 2.24) is 0 Å². The molecule has 0 aliphatic carbocycles. The zero-order valence-corrected chi connectivity index (χ0v) is 8.17. The molecule has 0 aliphatic rings. The number of nitrogens with two attached hydrogens (primary N) is 1. The summed E-state index contributed by atoms with van der Waals surface area (Å²) in [6.45, 7) is 1.21. The zero-order valence-electron chi connectivity index (χ0n) is 6.58. The van der Waals surface area contributed by atoms with Crippen LogP contribution in [0.25, 0.3) is 0 Å². The van der Waals surface area contributed by atoms with Crippen molar-refractivity contribution in [3.05, 3.63) is 0 Å². The van der Waals surface area contributed by atoms with Crippen molar-refractivity contribution in [3.63, 3.8) is 0 Å². The predicted molar refractivity (Wildman–Crippen MR) is 44.5 cm³/mol. The first kappa shape index (κ1) is 11.4. The normalized spacial score (nSPS) is 11.9. The van der Waals surface area contributed by atoms with Gasteiger partial charge in [0.15, 0.2) is 0 Å². The van der Waals surface area contributed by atoms with Crippen LogP contribution in [0.5, 0.6) is 0 Å². The Morgan fingerprint density at radius 3 is 2.33 bits per heavy atom. The average Bonchev–Trinajstić information content (AvgIpc) is 2.03. The van der Waals surface area contributed by atoms with Crippen LogP contribution >= 0.6 is 15.9 Å². The second-order valence-electron chi connectivity index (χ2n) is 1.89. The minimum absolute atomic E-state index is 0.0670. The van der Waals surface area contributed by atoms with E-state index in [1.165, 1.54) is 6.92 Å². The molecule has 0 saturated heterocycles. The third-order valence-electron chi connectivity index (χ3n) is 0.871. The molecule has 0 saturated carbocycles. The van der Waals surface area contributed by atoms with E-state index >= 15 is 0 Å². The van der Waals surface area contributed by atoms with Gasteiger partial charge < -0.3 is 15.2 Å². The molecule has 0 aromatic rings. The van der Waals surface area contributed by atoms with E-state index in [4.69, 9.17) is 5.73 Å². The molecule has 0 fully saturated rings. The Morgan fingerprint density at radius 2 is 1.92 bits per heavy atom. The second-order valence-corrected chi connectivity index (χ2v) is 2.45. The molecule has 1 unspecified atom stereocenters. The van der Waals surface area contributed by atoms with Crippen LogP contribution in [0, 0.1) is 0 Å². The van der Waals surface area contributed by atoms with Crippen molar-refractivity contribution in [3.8, 4) is 0 Å². The van der Waals surface area contributed by atoms with E-state index < -0.39 is 18.2 Å². The maximum Gasteiger partial charge on any atom is 0.322 e. The van der Waals surface area contributed by atoms with Crippen molar-refractivity contribution in [2.24, 2.45) is 5.73 Å². The van der Waals surface area contributed by atoms with Crippen LogP contribution in [-0.4, -0.2) is 30.1 Å². The van der Waals surface area contributed by atoms with E-state index in [-0.39, 0.29) is 11.9 Å². The first-order valence-electron chi connectivity index (χ1n) is 3.25. The number of ether oxygens (including phenoxy) is 2. The fourth-order valence-electron chi connectivity index (χ4n) is 0.474. The molecule has 12 heavy (non-hydrogen) atoms. The quantitative estimate of drug-likeness (QED) is 0.417. The Labute approximate surface area is 78.3 Å². The van der Waals surface area contributed by atoms with Crippen molar-refractivity contribution >= 4 is 27.9 Å². The Bertz CT molecular complexity index is 155. The van der Waals surface area contributed by atoms with Crippen molar-refractivity contribution < 1.29 is 19.1 Å². The fourth-order valence-corrected chi connectivity index (χ4v) is 0.606. The highest BCUT2D eigenvalue weighted by molar-refractivity contribution is 9.09. The van der Waals surface area contributed by atoms with Crippen LogP contribution in [-0.2, 0) is 19.1 Å². The molecule has 0 bridgehead atoms. The molecule has 2 N–H and O–H groups in total. The Balaban J connectivity index is 3.66. The molecule has 0 spiro atoms. The van der Waals surface area contributed by atoms with E-state index in [2.05, 4.69) is 25.4 Å². The Kier molecular flexibility index (Phi) is 5.65. The molecule has 6 heteroatoms. The number of alkyl halides is 1. The standard InChI is InChI=1S/C6H10BrNO4/c1-4(11-5(9)2-7)12-6(10)3-8/h4H,2-3,8H2,1H3. The van der Waals surface area contributed by atoms with E-state index in [9.17, 15) is 9.59 Å². The number of carbonyl (C=O) groups excluding carboxylic acids is 2. The minimum atomic E-state index is -0.883. The van der Waals surface area contributed by atoms with Crippen LogP contribution in [0.1, 0.15) is 6.92 Å². The molecule has 1 atom stereocenters. The maximum absolute atomic E-state index is 10.6. The van der Waals surface area contributed by atoms with Gasteiger partial charge in [-0.05, 0) is 0 Å². The molecular formula is C6H10BrNO4.